The van der Waals surface area contributed by atoms with Crippen LogP contribution in [0.4, 0.5) is 0 Å². The van der Waals surface area contributed by atoms with Crippen LogP contribution >= 0.6 is 0 Å². The molecule has 0 N–H and O–H groups in total. The van der Waals surface area contributed by atoms with Gasteiger partial charge in [0.2, 0.25) is 0 Å². The van der Waals surface area contributed by atoms with Crippen molar-refractivity contribution < 1.29 is 28.6 Å². The maximum atomic E-state index is 12.8. The molecule has 0 aliphatic carbocycles. The SMILES string of the molecule is CC/C=C\C/C=C\CCCCCCCCCC(=O)OCC(COC(=O)CCCCCCC\C=C/C=C\C=C/CCCCCCC)OC(=O)CCC/C=C\C/C=C\C/C=C\CCCCCCCC. The van der Waals surface area contributed by atoms with E-state index < -0.39 is 6.10 Å². The zero-order valence-corrected chi connectivity index (χ0v) is 43.6. The predicted molar refractivity (Wildman–Crippen MR) is 288 cm³/mol. The van der Waals surface area contributed by atoms with Gasteiger partial charge in [0.25, 0.3) is 0 Å². The summed E-state index contributed by atoms with van der Waals surface area (Å²) in [7, 11) is 0. The van der Waals surface area contributed by atoms with Crippen molar-refractivity contribution in [2.45, 2.75) is 258 Å². The van der Waals surface area contributed by atoms with Crippen LogP contribution in [0.2, 0.25) is 0 Å². The summed E-state index contributed by atoms with van der Waals surface area (Å²) < 4.78 is 16.8. The highest BCUT2D eigenvalue weighted by atomic mass is 16.6. The molecule has 0 aromatic rings. The summed E-state index contributed by atoms with van der Waals surface area (Å²) in [5.74, 6) is -0.990. The molecule has 0 saturated heterocycles. The summed E-state index contributed by atoms with van der Waals surface area (Å²) in [5.41, 5.74) is 0. The molecule has 0 aliphatic rings. The second-order valence-corrected chi connectivity index (χ2v) is 18.2. The maximum Gasteiger partial charge on any atom is 0.306 e. The fourth-order valence-electron chi connectivity index (χ4n) is 7.44. The summed E-state index contributed by atoms with van der Waals surface area (Å²) in [4.78, 5) is 38.1. The fraction of sp³-hybridized carbons (Fsp3) is 0.689. The highest BCUT2D eigenvalue weighted by molar-refractivity contribution is 5.71. The lowest BCUT2D eigenvalue weighted by Crippen LogP contribution is -2.30. The number of hydrogen-bond acceptors (Lipinski definition) is 6. The third kappa shape index (κ3) is 53.2. The van der Waals surface area contributed by atoms with Gasteiger partial charge >= 0.3 is 17.9 Å². The second kappa shape index (κ2) is 54.9. The van der Waals surface area contributed by atoms with Crippen LogP contribution in [-0.4, -0.2) is 37.2 Å². The molecule has 1 atom stereocenters. The Morgan fingerprint density at radius 3 is 1.07 bits per heavy atom. The molecule has 6 nitrogen and oxygen atoms in total. The van der Waals surface area contributed by atoms with Crippen molar-refractivity contribution in [1.82, 2.24) is 0 Å². The van der Waals surface area contributed by atoms with E-state index >= 15 is 0 Å². The van der Waals surface area contributed by atoms with E-state index in [4.69, 9.17) is 14.2 Å². The van der Waals surface area contributed by atoms with Crippen molar-refractivity contribution in [1.29, 1.82) is 0 Å². The van der Waals surface area contributed by atoms with Crippen LogP contribution in [-0.2, 0) is 28.6 Å². The highest BCUT2D eigenvalue weighted by Gasteiger charge is 2.19. The minimum Gasteiger partial charge on any atom is -0.462 e. The minimum atomic E-state index is -0.817. The Kier molecular flexibility index (Phi) is 51.9. The second-order valence-electron chi connectivity index (χ2n) is 18.2. The van der Waals surface area contributed by atoms with E-state index in [0.717, 1.165) is 103 Å². The largest absolute Gasteiger partial charge is 0.462 e. The van der Waals surface area contributed by atoms with E-state index in [1.165, 1.54) is 103 Å². The zero-order chi connectivity index (χ0) is 48.6. The first-order chi connectivity index (χ1) is 33.0. The summed E-state index contributed by atoms with van der Waals surface area (Å²) in [6.45, 7) is 6.44. The minimum absolute atomic E-state index is 0.109. The van der Waals surface area contributed by atoms with Gasteiger partial charge in [-0.15, -0.1) is 0 Å². The Balaban J connectivity index is 4.52. The van der Waals surface area contributed by atoms with Crippen molar-refractivity contribution in [3.63, 3.8) is 0 Å². The number of carbonyl (C=O) groups excluding carboxylic acids is 3. The maximum absolute atomic E-state index is 12.8. The third-order valence-corrected chi connectivity index (χ3v) is 11.6. The van der Waals surface area contributed by atoms with Gasteiger partial charge in [0.1, 0.15) is 13.2 Å². The van der Waals surface area contributed by atoms with Crippen molar-refractivity contribution >= 4 is 17.9 Å². The number of esters is 3. The smallest absolute Gasteiger partial charge is 0.306 e. The van der Waals surface area contributed by atoms with E-state index in [2.05, 4.69) is 118 Å². The van der Waals surface area contributed by atoms with E-state index in [-0.39, 0.29) is 37.5 Å². The van der Waals surface area contributed by atoms with Gasteiger partial charge < -0.3 is 14.2 Å². The number of hydrogen-bond donors (Lipinski definition) is 0. The van der Waals surface area contributed by atoms with Crippen LogP contribution in [0.3, 0.4) is 0 Å². The third-order valence-electron chi connectivity index (χ3n) is 11.6. The first-order valence-corrected chi connectivity index (χ1v) is 27.8. The molecule has 0 rings (SSSR count). The molecule has 0 spiro atoms. The molecule has 0 amide bonds. The first-order valence-electron chi connectivity index (χ1n) is 27.8. The number of rotatable bonds is 49. The Morgan fingerprint density at radius 1 is 0.328 bits per heavy atom. The molecule has 0 aromatic heterocycles. The highest BCUT2D eigenvalue weighted by Crippen LogP contribution is 2.13. The summed E-state index contributed by atoms with van der Waals surface area (Å²) >= 11 is 0. The summed E-state index contributed by atoms with van der Waals surface area (Å²) in [5, 5.41) is 0. The van der Waals surface area contributed by atoms with Crippen LogP contribution in [0, 0.1) is 0 Å². The molecule has 0 aliphatic heterocycles. The van der Waals surface area contributed by atoms with Crippen molar-refractivity contribution in [2.24, 2.45) is 0 Å². The normalized spacial score (nSPS) is 12.8. The zero-order valence-electron chi connectivity index (χ0n) is 43.6. The van der Waals surface area contributed by atoms with Gasteiger partial charge in [-0.25, -0.2) is 0 Å². The molecule has 1 unspecified atom stereocenters. The van der Waals surface area contributed by atoms with Crippen LogP contribution in [0.5, 0.6) is 0 Å². The Bertz CT molecular complexity index is 1350. The van der Waals surface area contributed by atoms with Crippen LogP contribution < -0.4 is 0 Å². The van der Waals surface area contributed by atoms with Gasteiger partial charge in [0.05, 0.1) is 0 Å². The molecule has 6 heteroatoms. The molecule has 0 fully saturated rings. The Hall–Kier alpha value is -3.67. The van der Waals surface area contributed by atoms with Gasteiger partial charge in [-0.05, 0) is 103 Å². The molecule has 0 radical (unpaired) electrons. The molecule has 0 saturated carbocycles. The standard InChI is InChI=1S/C61H102O6/c1-4-7-10-13-16-19-22-25-28-30-32-33-36-39-42-45-48-51-54-60(63)66-57-58(56-65-59(62)53-50-47-44-41-38-35-27-24-21-18-15-12-9-6-3)67-61(64)55-52-49-46-43-40-37-34-31-29-26-23-20-17-14-11-8-5-2/h9,12,18,21-22,25-26,28-30,32-34,37,43,46,58H,4-8,10-11,13-17,19-20,23-24,27,31,35-36,38-42,44-45,47-57H2,1-3H3/b12-9-,21-18-,25-22-,29-26-,30-28-,33-32-,37-34-,46-43-. The molecular formula is C61H102O6. The lowest BCUT2D eigenvalue weighted by molar-refractivity contribution is -0.167. The summed E-state index contributed by atoms with van der Waals surface area (Å²) in [6.07, 6.45) is 72.5. The average Bonchev–Trinajstić information content (AvgIpc) is 3.33. The quantitative estimate of drug-likeness (QED) is 0.0199. The fourth-order valence-corrected chi connectivity index (χ4v) is 7.44. The molecular weight excluding hydrogens is 829 g/mol. The van der Waals surface area contributed by atoms with E-state index in [1.54, 1.807) is 0 Å². The lowest BCUT2D eigenvalue weighted by atomic mass is 10.1. The molecule has 67 heavy (non-hydrogen) atoms. The number of ether oxygens (including phenoxy) is 3. The summed E-state index contributed by atoms with van der Waals surface area (Å²) in [6, 6.07) is 0. The number of unbranched alkanes of at least 4 members (excludes halogenated alkanes) is 24. The van der Waals surface area contributed by atoms with E-state index in [1.807, 2.05) is 0 Å². The van der Waals surface area contributed by atoms with Gasteiger partial charge in [-0.2, -0.15) is 0 Å². The van der Waals surface area contributed by atoms with Gasteiger partial charge in [-0.3, -0.25) is 14.4 Å². The number of allylic oxidation sites excluding steroid dienone is 16. The lowest BCUT2D eigenvalue weighted by Gasteiger charge is -2.18. The topological polar surface area (TPSA) is 78.9 Å². The molecule has 0 heterocycles. The Morgan fingerprint density at radius 2 is 0.657 bits per heavy atom. The predicted octanol–water partition coefficient (Wildman–Crippen LogP) is 18.5. The van der Waals surface area contributed by atoms with Crippen LogP contribution in [0.15, 0.2) is 97.2 Å². The van der Waals surface area contributed by atoms with Crippen molar-refractivity contribution in [2.75, 3.05) is 13.2 Å². The van der Waals surface area contributed by atoms with Gasteiger partial charge in [-0.1, -0.05) is 227 Å². The van der Waals surface area contributed by atoms with Crippen LogP contribution in [0.25, 0.3) is 0 Å². The van der Waals surface area contributed by atoms with E-state index in [9.17, 15) is 14.4 Å². The first kappa shape index (κ1) is 63.3. The molecule has 0 bridgehead atoms. The Labute approximate surface area is 413 Å². The van der Waals surface area contributed by atoms with E-state index in [0.29, 0.717) is 19.3 Å². The van der Waals surface area contributed by atoms with Crippen LogP contribution in [0.1, 0.15) is 252 Å². The van der Waals surface area contributed by atoms with Crippen molar-refractivity contribution in [3.05, 3.63) is 97.2 Å². The van der Waals surface area contributed by atoms with Gasteiger partial charge in [0.15, 0.2) is 6.10 Å². The monoisotopic (exact) mass is 931 g/mol. The van der Waals surface area contributed by atoms with Gasteiger partial charge in [0, 0.05) is 19.3 Å². The molecule has 382 valence electrons. The average molecular weight is 931 g/mol. The number of carbonyl (C=O) groups is 3. The molecule has 0 aromatic carbocycles. The van der Waals surface area contributed by atoms with Crippen molar-refractivity contribution in [3.8, 4) is 0 Å².